The summed E-state index contributed by atoms with van der Waals surface area (Å²) in [6.45, 7) is 3.13. The van der Waals surface area contributed by atoms with Gasteiger partial charge in [-0.05, 0) is 32.1 Å². The third-order valence-electron chi connectivity index (χ3n) is 4.38. The molecule has 2 fully saturated rings. The van der Waals surface area contributed by atoms with Crippen molar-refractivity contribution in [3.8, 4) is 0 Å². The average molecular weight is 246 g/mol. The molecule has 98 valence electrons. The highest BCUT2D eigenvalue weighted by molar-refractivity contribution is 5.50. The first-order valence-electron chi connectivity index (χ1n) is 7.08. The number of anilines is 2. The molecule has 1 aromatic rings. The van der Waals surface area contributed by atoms with Crippen molar-refractivity contribution in [1.82, 2.24) is 9.97 Å². The summed E-state index contributed by atoms with van der Waals surface area (Å²) in [6.07, 6.45) is 6.87. The zero-order valence-electron chi connectivity index (χ0n) is 11.3. The molecule has 1 saturated heterocycles. The van der Waals surface area contributed by atoms with Crippen molar-refractivity contribution >= 4 is 11.6 Å². The number of fused-ring (bicyclic) bond motifs is 1. The van der Waals surface area contributed by atoms with Crippen molar-refractivity contribution in [1.29, 1.82) is 0 Å². The second kappa shape index (κ2) is 4.75. The normalized spacial score (nSPS) is 27.1. The molecule has 0 amide bonds. The molecule has 2 aliphatic rings. The first kappa shape index (κ1) is 11.8. The quantitative estimate of drug-likeness (QED) is 0.871. The largest absolute Gasteiger partial charge is 0.373 e. The number of nitrogens with one attached hydrogen (secondary N) is 1. The fourth-order valence-electron chi connectivity index (χ4n) is 3.52. The van der Waals surface area contributed by atoms with E-state index in [1.807, 2.05) is 14.0 Å². The van der Waals surface area contributed by atoms with E-state index >= 15 is 0 Å². The molecule has 1 aromatic heterocycles. The van der Waals surface area contributed by atoms with E-state index in [2.05, 4.69) is 26.3 Å². The lowest BCUT2D eigenvalue weighted by Gasteiger charge is -2.32. The van der Waals surface area contributed by atoms with Gasteiger partial charge >= 0.3 is 0 Å². The Morgan fingerprint density at radius 3 is 2.89 bits per heavy atom. The van der Waals surface area contributed by atoms with Crippen LogP contribution in [0.2, 0.25) is 0 Å². The zero-order chi connectivity index (χ0) is 12.5. The van der Waals surface area contributed by atoms with E-state index < -0.39 is 0 Å². The van der Waals surface area contributed by atoms with Gasteiger partial charge in [0.15, 0.2) is 0 Å². The van der Waals surface area contributed by atoms with Crippen LogP contribution in [0, 0.1) is 12.8 Å². The van der Waals surface area contributed by atoms with Gasteiger partial charge in [0, 0.05) is 25.7 Å². The van der Waals surface area contributed by atoms with Gasteiger partial charge in [-0.2, -0.15) is 0 Å². The molecule has 1 saturated carbocycles. The van der Waals surface area contributed by atoms with Crippen LogP contribution in [-0.2, 0) is 0 Å². The predicted octanol–water partition coefficient (Wildman–Crippen LogP) is 2.60. The summed E-state index contributed by atoms with van der Waals surface area (Å²) in [5, 5.41) is 3.13. The van der Waals surface area contributed by atoms with E-state index in [0.29, 0.717) is 0 Å². The Kier molecular flexibility index (Phi) is 3.10. The number of rotatable bonds is 2. The fourth-order valence-corrected chi connectivity index (χ4v) is 3.52. The molecular weight excluding hydrogens is 224 g/mol. The van der Waals surface area contributed by atoms with E-state index in [9.17, 15) is 0 Å². The van der Waals surface area contributed by atoms with Crippen molar-refractivity contribution in [2.24, 2.45) is 5.92 Å². The molecule has 1 aliphatic heterocycles. The third kappa shape index (κ3) is 2.04. The minimum atomic E-state index is 0.720. The summed E-state index contributed by atoms with van der Waals surface area (Å²) < 4.78 is 0. The highest BCUT2D eigenvalue weighted by Gasteiger charge is 2.36. The molecule has 3 rings (SSSR count). The molecule has 2 heterocycles. The summed E-state index contributed by atoms with van der Waals surface area (Å²) >= 11 is 0. The van der Waals surface area contributed by atoms with Crippen molar-refractivity contribution < 1.29 is 0 Å². The molecule has 0 bridgehead atoms. The average Bonchev–Trinajstić information content (AvgIpc) is 2.81. The van der Waals surface area contributed by atoms with Crippen LogP contribution >= 0.6 is 0 Å². The number of aromatic nitrogens is 2. The fraction of sp³-hybridized carbons (Fsp3) is 0.714. The molecule has 4 heteroatoms. The minimum absolute atomic E-state index is 0.720. The lowest BCUT2D eigenvalue weighted by atomic mass is 9.85. The third-order valence-corrected chi connectivity index (χ3v) is 4.38. The Balaban J connectivity index is 1.88. The van der Waals surface area contributed by atoms with Crippen LogP contribution in [-0.4, -0.2) is 29.6 Å². The molecule has 0 spiro atoms. The van der Waals surface area contributed by atoms with Gasteiger partial charge in [-0.3, -0.25) is 0 Å². The summed E-state index contributed by atoms with van der Waals surface area (Å²) in [7, 11) is 1.92. The first-order valence-corrected chi connectivity index (χ1v) is 7.08. The van der Waals surface area contributed by atoms with Crippen molar-refractivity contribution in [3.63, 3.8) is 0 Å². The van der Waals surface area contributed by atoms with Crippen molar-refractivity contribution in [2.75, 3.05) is 23.8 Å². The van der Waals surface area contributed by atoms with Crippen molar-refractivity contribution in [2.45, 2.75) is 45.1 Å². The maximum atomic E-state index is 4.63. The SMILES string of the molecule is CNc1cc(N2CCC3CCCCC32)nc(C)n1. The Morgan fingerprint density at radius 2 is 2.06 bits per heavy atom. The summed E-state index contributed by atoms with van der Waals surface area (Å²) in [5.74, 6) is 3.79. The predicted molar refractivity (Wildman–Crippen MR) is 74.0 cm³/mol. The van der Waals surface area contributed by atoms with E-state index in [4.69, 9.17) is 0 Å². The standard InChI is InChI=1S/C14H22N4/c1-10-16-13(15-2)9-14(17-10)18-8-7-11-5-3-4-6-12(11)18/h9,11-12H,3-8H2,1-2H3,(H,15,16,17). The zero-order valence-corrected chi connectivity index (χ0v) is 11.3. The molecule has 1 aliphatic carbocycles. The van der Waals surface area contributed by atoms with Crippen LogP contribution in [0.15, 0.2) is 6.07 Å². The van der Waals surface area contributed by atoms with Crippen LogP contribution in [0.25, 0.3) is 0 Å². The lowest BCUT2D eigenvalue weighted by Crippen LogP contribution is -2.35. The van der Waals surface area contributed by atoms with Gasteiger partial charge in [0.25, 0.3) is 0 Å². The van der Waals surface area contributed by atoms with Crippen LogP contribution in [0.1, 0.15) is 37.9 Å². The minimum Gasteiger partial charge on any atom is -0.373 e. The number of nitrogens with zero attached hydrogens (tertiary/aromatic N) is 3. The molecular formula is C14H22N4. The highest BCUT2D eigenvalue weighted by atomic mass is 15.2. The molecule has 2 atom stereocenters. The Labute approximate surface area is 109 Å². The van der Waals surface area contributed by atoms with Crippen LogP contribution in [0.4, 0.5) is 11.6 Å². The van der Waals surface area contributed by atoms with Crippen LogP contribution in [0.3, 0.4) is 0 Å². The monoisotopic (exact) mass is 246 g/mol. The van der Waals surface area contributed by atoms with E-state index in [1.165, 1.54) is 32.1 Å². The number of aryl methyl sites for hydroxylation is 1. The Hall–Kier alpha value is -1.32. The number of hydrogen-bond acceptors (Lipinski definition) is 4. The van der Waals surface area contributed by atoms with Gasteiger partial charge in [0.05, 0.1) is 0 Å². The van der Waals surface area contributed by atoms with Gasteiger partial charge in [0.2, 0.25) is 0 Å². The van der Waals surface area contributed by atoms with E-state index in [0.717, 1.165) is 36.0 Å². The maximum Gasteiger partial charge on any atom is 0.134 e. The van der Waals surface area contributed by atoms with Gasteiger partial charge in [-0.25, -0.2) is 9.97 Å². The summed E-state index contributed by atoms with van der Waals surface area (Å²) in [6, 6.07) is 2.81. The van der Waals surface area contributed by atoms with Crippen LogP contribution < -0.4 is 10.2 Å². The first-order chi connectivity index (χ1) is 8.78. The Morgan fingerprint density at radius 1 is 1.22 bits per heavy atom. The van der Waals surface area contributed by atoms with Gasteiger partial charge in [0.1, 0.15) is 17.5 Å². The summed E-state index contributed by atoms with van der Waals surface area (Å²) in [5.41, 5.74) is 0. The maximum absolute atomic E-state index is 4.63. The summed E-state index contributed by atoms with van der Waals surface area (Å²) in [4.78, 5) is 11.5. The number of hydrogen-bond donors (Lipinski definition) is 1. The van der Waals surface area contributed by atoms with E-state index in [1.54, 1.807) is 0 Å². The lowest BCUT2D eigenvalue weighted by molar-refractivity contribution is 0.341. The molecule has 4 nitrogen and oxygen atoms in total. The molecule has 18 heavy (non-hydrogen) atoms. The Bertz CT molecular complexity index is 432. The molecule has 0 aromatic carbocycles. The second-order valence-corrected chi connectivity index (χ2v) is 5.50. The highest BCUT2D eigenvalue weighted by Crippen LogP contribution is 2.38. The smallest absolute Gasteiger partial charge is 0.134 e. The topological polar surface area (TPSA) is 41.0 Å². The molecule has 1 N–H and O–H groups in total. The van der Waals surface area contributed by atoms with E-state index in [-0.39, 0.29) is 0 Å². The van der Waals surface area contributed by atoms with Gasteiger partial charge < -0.3 is 10.2 Å². The molecule has 0 radical (unpaired) electrons. The van der Waals surface area contributed by atoms with Gasteiger partial charge in [-0.1, -0.05) is 12.8 Å². The van der Waals surface area contributed by atoms with Crippen molar-refractivity contribution in [3.05, 3.63) is 11.9 Å². The van der Waals surface area contributed by atoms with Gasteiger partial charge in [-0.15, -0.1) is 0 Å². The second-order valence-electron chi connectivity index (χ2n) is 5.50. The van der Waals surface area contributed by atoms with Crippen LogP contribution in [0.5, 0.6) is 0 Å². The molecule has 2 unspecified atom stereocenters.